The first-order chi connectivity index (χ1) is 12.8. The van der Waals surface area contributed by atoms with Crippen LogP contribution in [0.25, 0.3) is 0 Å². The molecule has 0 atom stereocenters. The van der Waals surface area contributed by atoms with Gasteiger partial charge in [-0.25, -0.2) is 0 Å². The smallest absolute Gasteiger partial charge is 0.253 e. The third kappa shape index (κ3) is 3.79. The molecule has 0 bridgehead atoms. The maximum Gasteiger partial charge on any atom is 0.253 e. The highest BCUT2D eigenvalue weighted by molar-refractivity contribution is 6.15. The van der Waals surface area contributed by atoms with Crippen molar-refractivity contribution in [3.8, 4) is 0 Å². The van der Waals surface area contributed by atoms with E-state index in [1.807, 2.05) is 0 Å². The molecule has 2 aliphatic carbocycles. The zero-order chi connectivity index (χ0) is 20.2. The Morgan fingerprint density at radius 1 is 0.630 bits per heavy atom. The minimum atomic E-state index is -1.78. The summed E-state index contributed by atoms with van der Waals surface area (Å²) in [7, 11) is 5.05. The molecule has 0 radical (unpaired) electrons. The molecule has 0 aromatic rings. The molecule has 27 heavy (non-hydrogen) atoms. The Labute approximate surface area is 156 Å². The van der Waals surface area contributed by atoms with Gasteiger partial charge in [0.15, 0.2) is 11.6 Å². The lowest BCUT2D eigenvalue weighted by molar-refractivity contribution is -0.181. The number of ether oxygens (including phenoxy) is 4. The van der Waals surface area contributed by atoms with Crippen molar-refractivity contribution in [2.24, 2.45) is 0 Å². The summed E-state index contributed by atoms with van der Waals surface area (Å²) in [5.41, 5.74) is 0.175. The van der Waals surface area contributed by atoms with Crippen LogP contribution >= 0.6 is 0 Å². The van der Waals surface area contributed by atoms with Crippen molar-refractivity contribution in [1.29, 1.82) is 0 Å². The summed E-state index contributed by atoms with van der Waals surface area (Å²) in [6.07, 6.45) is 6.54. The average molecular weight is 376 g/mol. The van der Waals surface area contributed by atoms with Crippen LogP contribution in [0.3, 0.4) is 0 Å². The van der Waals surface area contributed by atoms with Crippen molar-refractivity contribution < 1.29 is 38.1 Å². The van der Waals surface area contributed by atoms with E-state index in [0.29, 0.717) is 0 Å². The van der Waals surface area contributed by atoms with Gasteiger partial charge in [-0.2, -0.15) is 0 Å². The molecule has 144 valence electrons. The lowest BCUT2D eigenvalue weighted by atomic mass is 9.96. The lowest BCUT2D eigenvalue weighted by Gasteiger charge is -2.25. The number of carbonyl (C=O) groups excluding carboxylic acids is 4. The minimum Gasteiger partial charge on any atom is -0.344 e. The SMILES string of the molecule is COC1(OC)C=C(CC2=CC(OC)(OC)C(=O)C=CC2=O)C(=O)C=CC1=O. The number of methoxy groups -OCH3 is 4. The van der Waals surface area contributed by atoms with E-state index < -0.39 is 34.7 Å². The van der Waals surface area contributed by atoms with E-state index in [1.165, 1.54) is 40.6 Å². The van der Waals surface area contributed by atoms with Gasteiger partial charge in [0.2, 0.25) is 11.6 Å². The molecule has 0 aromatic heterocycles. The fraction of sp³-hybridized carbons (Fsp3) is 0.368. The molecule has 0 spiro atoms. The number of carbonyl (C=O) groups is 4. The van der Waals surface area contributed by atoms with Crippen molar-refractivity contribution >= 4 is 23.1 Å². The van der Waals surface area contributed by atoms with Crippen molar-refractivity contribution in [3.63, 3.8) is 0 Å². The summed E-state index contributed by atoms with van der Waals surface area (Å²) < 4.78 is 20.7. The van der Waals surface area contributed by atoms with Crippen LogP contribution < -0.4 is 0 Å². The zero-order valence-electron chi connectivity index (χ0n) is 15.4. The van der Waals surface area contributed by atoms with Gasteiger partial charge in [-0.3, -0.25) is 19.2 Å². The van der Waals surface area contributed by atoms with Crippen molar-refractivity contribution in [2.45, 2.75) is 18.0 Å². The van der Waals surface area contributed by atoms with E-state index in [4.69, 9.17) is 18.9 Å². The highest BCUT2D eigenvalue weighted by Crippen LogP contribution is 2.29. The fourth-order valence-electron chi connectivity index (χ4n) is 2.78. The molecule has 2 aliphatic rings. The molecule has 0 saturated heterocycles. The maximum atomic E-state index is 12.4. The van der Waals surface area contributed by atoms with Crippen LogP contribution in [-0.4, -0.2) is 63.1 Å². The maximum absolute atomic E-state index is 12.4. The van der Waals surface area contributed by atoms with E-state index in [9.17, 15) is 19.2 Å². The summed E-state index contributed by atoms with van der Waals surface area (Å²) in [6.45, 7) is 0. The Morgan fingerprint density at radius 2 is 0.963 bits per heavy atom. The molecule has 8 nitrogen and oxygen atoms in total. The quantitative estimate of drug-likeness (QED) is 0.622. The van der Waals surface area contributed by atoms with Crippen LogP contribution in [0.5, 0.6) is 0 Å². The predicted molar refractivity (Wildman–Crippen MR) is 92.6 cm³/mol. The summed E-state index contributed by atoms with van der Waals surface area (Å²) in [5.74, 6) is -5.69. The molecule has 8 heteroatoms. The Hall–Kier alpha value is -2.52. The first kappa shape index (κ1) is 20.8. The van der Waals surface area contributed by atoms with Crippen LogP contribution in [0.15, 0.2) is 47.6 Å². The van der Waals surface area contributed by atoms with Crippen LogP contribution in [0.4, 0.5) is 0 Å². The van der Waals surface area contributed by atoms with E-state index in [1.54, 1.807) is 0 Å². The summed E-state index contributed by atoms with van der Waals surface area (Å²) in [4.78, 5) is 49.3. The number of ketones is 4. The zero-order valence-corrected chi connectivity index (χ0v) is 15.4. The van der Waals surface area contributed by atoms with Gasteiger partial charge in [0.05, 0.1) is 0 Å². The second-order valence-corrected chi connectivity index (χ2v) is 5.79. The van der Waals surface area contributed by atoms with Crippen molar-refractivity contribution in [3.05, 3.63) is 47.6 Å². The first-order valence-electron chi connectivity index (χ1n) is 7.95. The van der Waals surface area contributed by atoms with Gasteiger partial charge >= 0.3 is 0 Å². The number of hydrogen-bond acceptors (Lipinski definition) is 8. The third-order valence-electron chi connectivity index (χ3n) is 4.41. The summed E-state index contributed by atoms with van der Waals surface area (Å²) in [5, 5.41) is 0. The van der Waals surface area contributed by atoms with Crippen LogP contribution in [-0.2, 0) is 38.1 Å². The monoisotopic (exact) mass is 376 g/mol. The summed E-state index contributed by atoms with van der Waals surface area (Å²) >= 11 is 0. The molecule has 2 rings (SSSR count). The molecular formula is C19H20O8. The van der Waals surface area contributed by atoms with Gasteiger partial charge in [-0.05, 0) is 36.5 Å². The third-order valence-corrected chi connectivity index (χ3v) is 4.41. The molecule has 0 aliphatic heterocycles. The topological polar surface area (TPSA) is 105 Å². The molecule has 0 aromatic carbocycles. The predicted octanol–water partition coefficient (Wildman–Crippen LogP) is 0.623. The first-order valence-corrected chi connectivity index (χ1v) is 7.95. The van der Waals surface area contributed by atoms with Crippen molar-refractivity contribution in [2.75, 3.05) is 28.4 Å². The van der Waals surface area contributed by atoms with Crippen LogP contribution in [0.2, 0.25) is 0 Å². The number of hydrogen-bond donors (Lipinski definition) is 0. The van der Waals surface area contributed by atoms with E-state index >= 15 is 0 Å². The van der Waals surface area contributed by atoms with Crippen LogP contribution in [0.1, 0.15) is 6.42 Å². The molecule has 0 fully saturated rings. The van der Waals surface area contributed by atoms with Gasteiger partial charge in [-0.1, -0.05) is 0 Å². The number of allylic oxidation sites excluding steroid dienone is 4. The molecule has 0 N–H and O–H groups in total. The van der Waals surface area contributed by atoms with Gasteiger partial charge in [0, 0.05) is 46.0 Å². The van der Waals surface area contributed by atoms with E-state index in [-0.39, 0.29) is 17.6 Å². The largest absolute Gasteiger partial charge is 0.344 e. The second-order valence-electron chi connectivity index (χ2n) is 5.79. The van der Waals surface area contributed by atoms with Crippen molar-refractivity contribution in [1.82, 2.24) is 0 Å². The fourth-order valence-corrected chi connectivity index (χ4v) is 2.78. The van der Waals surface area contributed by atoms with E-state index in [0.717, 1.165) is 24.3 Å². The Kier molecular flexibility index (Phi) is 6.17. The highest BCUT2D eigenvalue weighted by Gasteiger charge is 2.40. The van der Waals surface area contributed by atoms with Gasteiger partial charge in [0.1, 0.15) is 0 Å². The molecule has 0 amide bonds. The molecular weight excluding hydrogens is 356 g/mol. The Bertz CT molecular complexity index is 723. The van der Waals surface area contributed by atoms with Gasteiger partial charge < -0.3 is 18.9 Å². The Balaban J connectivity index is 2.54. The van der Waals surface area contributed by atoms with E-state index in [2.05, 4.69) is 0 Å². The van der Waals surface area contributed by atoms with Crippen LogP contribution in [0, 0.1) is 0 Å². The standard InChI is InChI=1S/C19H20O8/c1-24-18(25-2)10-12(14(20)5-7-16(18)22)9-13-11-19(26-3,27-4)17(23)8-6-15(13)21/h5-8,10-11H,9H2,1-4H3. The molecule has 0 heterocycles. The molecule has 0 saturated carbocycles. The second kappa shape index (κ2) is 8.01. The number of rotatable bonds is 6. The minimum absolute atomic E-state index is 0.0873. The normalized spacial score (nSPS) is 21.6. The highest BCUT2D eigenvalue weighted by atomic mass is 16.7. The average Bonchev–Trinajstić information content (AvgIpc) is 2.88. The van der Waals surface area contributed by atoms with Gasteiger partial charge in [-0.15, -0.1) is 0 Å². The Morgan fingerprint density at radius 3 is 1.26 bits per heavy atom. The lowest BCUT2D eigenvalue weighted by Crippen LogP contribution is -2.40. The molecule has 0 unspecified atom stereocenters. The summed E-state index contributed by atoms with van der Waals surface area (Å²) in [6, 6.07) is 0. The van der Waals surface area contributed by atoms with Gasteiger partial charge in [0.25, 0.3) is 11.6 Å².